The van der Waals surface area contributed by atoms with Crippen molar-refractivity contribution in [3.05, 3.63) is 53.3 Å². The molecule has 0 bridgehead atoms. The van der Waals surface area contributed by atoms with Gasteiger partial charge in [0.1, 0.15) is 5.82 Å². The van der Waals surface area contributed by atoms with E-state index in [0.717, 1.165) is 16.9 Å². The van der Waals surface area contributed by atoms with Crippen molar-refractivity contribution < 1.29 is 9.50 Å². The van der Waals surface area contributed by atoms with Crippen molar-refractivity contribution in [3.63, 3.8) is 0 Å². The highest BCUT2D eigenvalue weighted by Gasteiger charge is 2.15. The van der Waals surface area contributed by atoms with Crippen LogP contribution in [-0.4, -0.2) is 19.5 Å². The Morgan fingerprint density at radius 1 is 1.50 bits per heavy atom. The van der Waals surface area contributed by atoms with Crippen LogP contribution in [0, 0.1) is 5.82 Å². The van der Waals surface area contributed by atoms with Crippen LogP contribution < -0.4 is 0 Å². The molecule has 0 amide bonds. The number of rotatable bonds is 3. The molecule has 1 atom stereocenters. The molecule has 3 heterocycles. The average Bonchev–Trinajstić information content (AvgIpc) is 2.90. The van der Waals surface area contributed by atoms with Crippen molar-refractivity contribution in [1.29, 1.82) is 0 Å². The van der Waals surface area contributed by atoms with Crippen molar-refractivity contribution in [2.24, 2.45) is 0 Å². The van der Waals surface area contributed by atoms with Gasteiger partial charge in [-0.1, -0.05) is 0 Å². The third-order valence-corrected chi connectivity index (χ3v) is 3.48. The summed E-state index contributed by atoms with van der Waals surface area (Å²) >= 11 is 1.52. The first kappa shape index (κ1) is 11.3. The lowest BCUT2D eigenvalue weighted by molar-refractivity contribution is 0.172. The second-order valence-corrected chi connectivity index (χ2v) is 4.82. The zero-order valence-corrected chi connectivity index (χ0v) is 10.1. The van der Waals surface area contributed by atoms with Crippen molar-refractivity contribution in [1.82, 2.24) is 14.4 Å². The van der Waals surface area contributed by atoms with Crippen LogP contribution in [0.2, 0.25) is 0 Å². The predicted octanol–water partition coefficient (Wildman–Crippen LogP) is 2.21. The number of aliphatic hydroxyl groups is 1. The molecule has 4 nitrogen and oxygen atoms in total. The van der Waals surface area contributed by atoms with Gasteiger partial charge in [0.15, 0.2) is 4.96 Å². The lowest BCUT2D eigenvalue weighted by atomic mass is 10.1. The highest BCUT2D eigenvalue weighted by atomic mass is 32.1. The first-order valence-electron chi connectivity index (χ1n) is 5.42. The third-order valence-electron chi connectivity index (χ3n) is 2.71. The Hall–Kier alpha value is -1.79. The van der Waals surface area contributed by atoms with Crippen LogP contribution in [0.25, 0.3) is 4.96 Å². The largest absolute Gasteiger partial charge is 0.388 e. The first-order valence-corrected chi connectivity index (χ1v) is 6.30. The number of nitrogens with zero attached hydrogens (tertiary/aromatic N) is 3. The summed E-state index contributed by atoms with van der Waals surface area (Å²) < 4.78 is 15.3. The highest BCUT2D eigenvalue weighted by Crippen LogP contribution is 2.21. The van der Waals surface area contributed by atoms with Gasteiger partial charge in [0.05, 0.1) is 18.0 Å². The zero-order valence-electron chi connectivity index (χ0n) is 9.32. The van der Waals surface area contributed by atoms with E-state index in [2.05, 4.69) is 9.97 Å². The van der Waals surface area contributed by atoms with Gasteiger partial charge >= 0.3 is 0 Å². The van der Waals surface area contributed by atoms with Crippen LogP contribution in [0.4, 0.5) is 4.39 Å². The maximum atomic E-state index is 13.4. The number of hydrogen-bond acceptors (Lipinski definition) is 4. The molecule has 3 rings (SSSR count). The highest BCUT2D eigenvalue weighted by molar-refractivity contribution is 7.15. The van der Waals surface area contributed by atoms with E-state index < -0.39 is 11.9 Å². The molecule has 1 N–H and O–H groups in total. The van der Waals surface area contributed by atoms with E-state index in [1.165, 1.54) is 23.6 Å². The number of halogens is 1. The number of hydrogen-bond donors (Lipinski definition) is 1. The molecule has 0 saturated heterocycles. The second-order valence-electron chi connectivity index (χ2n) is 3.94. The van der Waals surface area contributed by atoms with Crippen molar-refractivity contribution in [2.75, 3.05) is 0 Å². The van der Waals surface area contributed by atoms with Gasteiger partial charge in [-0.3, -0.25) is 9.38 Å². The molecule has 1 unspecified atom stereocenters. The minimum atomic E-state index is -0.905. The summed E-state index contributed by atoms with van der Waals surface area (Å²) in [5.74, 6) is -0.494. The molecule has 6 heteroatoms. The van der Waals surface area contributed by atoms with Gasteiger partial charge in [-0.25, -0.2) is 9.37 Å². The summed E-state index contributed by atoms with van der Waals surface area (Å²) in [7, 11) is 0. The van der Waals surface area contributed by atoms with Gasteiger partial charge in [0.2, 0.25) is 0 Å². The molecule has 18 heavy (non-hydrogen) atoms. The van der Waals surface area contributed by atoms with Gasteiger partial charge in [0, 0.05) is 36.0 Å². The summed E-state index contributed by atoms with van der Waals surface area (Å²) in [6.07, 6.45) is 5.69. The average molecular weight is 263 g/mol. The fraction of sp³-hybridized carbons (Fsp3) is 0.167. The van der Waals surface area contributed by atoms with E-state index in [-0.39, 0.29) is 12.0 Å². The molecule has 0 aliphatic heterocycles. The van der Waals surface area contributed by atoms with Crippen molar-refractivity contribution in [2.45, 2.75) is 12.5 Å². The SMILES string of the molecule is OC(Cc1cn2ccsc2n1)c1ccncc1F. The number of fused-ring (bicyclic) bond motifs is 1. The Morgan fingerprint density at radius 2 is 2.39 bits per heavy atom. The minimum Gasteiger partial charge on any atom is -0.388 e. The van der Waals surface area contributed by atoms with Gasteiger partial charge in [-0.2, -0.15) is 0 Å². The Balaban J connectivity index is 1.84. The van der Waals surface area contributed by atoms with Crippen LogP contribution >= 0.6 is 11.3 Å². The molecule has 0 aliphatic rings. The maximum absolute atomic E-state index is 13.4. The minimum absolute atomic E-state index is 0.251. The Bertz CT molecular complexity index is 650. The maximum Gasteiger partial charge on any atom is 0.193 e. The fourth-order valence-corrected chi connectivity index (χ4v) is 2.56. The van der Waals surface area contributed by atoms with E-state index in [1.807, 2.05) is 22.2 Å². The molecule has 3 aromatic heterocycles. The van der Waals surface area contributed by atoms with Gasteiger partial charge in [-0.05, 0) is 6.07 Å². The molecule has 0 radical (unpaired) electrons. The standard InChI is InChI=1S/C12H10FN3OS/c13-10-6-14-2-1-9(10)11(17)5-8-7-16-3-4-18-12(16)15-8/h1-4,6-7,11,17H,5H2. The molecular weight excluding hydrogens is 253 g/mol. The normalized spacial score (nSPS) is 13.0. The number of imidazole rings is 1. The molecule has 0 spiro atoms. The topological polar surface area (TPSA) is 50.4 Å². The number of aromatic nitrogens is 3. The third kappa shape index (κ3) is 2.00. The number of thiazole rings is 1. The van der Waals surface area contributed by atoms with Crippen LogP contribution in [0.1, 0.15) is 17.4 Å². The Morgan fingerprint density at radius 3 is 3.17 bits per heavy atom. The summed E-state index contributed by atoms with van der Waals surface area (Å²) in [5.41, 5.74) is 0.993. The smallest absolute Gasteiger partial charge is 0.193 e. The Labute approximate surface area is 106 Å². The molecule has 0 saturated carbocycles. The lowest BCUT2D eigenvalue weighted by Gasteiger charge is -2.09. The van der Waals surface area contributed by atoms with Crippen LogP contribution in [0.3, 0.4) is 0 Å². The molecule has 3 aromatic rings. The van der Waals surface area contributed by atoms with Crippen LogP contribution in [0.15, 0.2) is 36.2 Å². The van der Waals surface area contributed by atoms with Gasteiger partial charge in [-0.15, -0.1) is 11.3 Å². The molecule has 0 fully saturated rings. The zero-order chi connectivity index (χ0) is 12.5. The molecule has 0 aromatic carbocycles. The summed E-state index contributed by atoms with van der Waals surface area (Å²) in [6, 6.07) is 1.48. The quantitative estimate of drug-likeness (QED) is 0.788. The Kier molecular flexibility index (Phi) is 2.81. The summed E-state index contributed by atoms with van der Waals surface area (Å²) in [4.78, 5) is 8.88. The second kappa shape index (κ2) is 4.47. The number of pyridine rings is 1. The molecular formula is C12H10FN3OS. The van der Waals surface area contributed by atoms with E-state index >= 15 is 0 Å². The van der Waals surface area contributed by atoms with Crippen molar-refractivity contribution >= 4 is 16.3 Å². The van der Waals surface area contributed by atoms with Gasteiger partial charge in [0.25, 0.3) is 0 Å². The molecule has 0 aliphatic carbocycles. The first-order chi connectivity index (χ1) is 8.74. The monoisotopic (exact) mass is 263 g/mol. The molecule has 92 valence electrons. The fourth-order valence-electron chi connectivity index (χ4n) is 1.84. The van der Waals surface area contributed by atoms with Crippen LogP contribution in [0.5, 0.6) is 0 Å². The van der Waals surface area contributed by atoms with E-state index in [0.29, 0.717) is 0 Å². The lowest BCUT2D eigenvalue weighted by Crippen LogP contribution is -2.05. The summed E-state index contributed by atoms with van der Waals surface area (Å²) in [5, 5.41) is 11.9. The van der Waals surface area contributed by atoms with E-state index in [4.69, 9.17) is 0 Å². The van der Waals surface area contributed by atoms with Crippen molar-refractivity contribution in [3.8, 4) is 0 Å². The van der Waals surface area contributed by atoms with E-state index in [1.54, 1.807) is 0 Å². The predicted molar refractivity (Wildman–Crippen MR) is 65.9 cm³/mol. The number of aliphatic hydroxyl groups excluding tert-OH is 1. The van der Waals surface area contributed by atoms with Crippen LogP contribution in [-0.2, 0) is 6.42 Å². The summed E-state index contributed by atoms with van der Waals surface area (Å²) in [6.45, 7) is 0. The van der Waals surface area contributed by atoms with Gasteiger partial charge < -0.3 is 5.11 Å². The van der Waals surface area contributed by atoms with E-state index in [9.17, 15) is 9.50 Å².